The van der Waals surface area contributed by atoms with Gasteiger partial charge in [0, 0.05) is 18.4 Å². The minimum atomic E-state index is 0.667. The van der Waals surface area contributed by atoms with Crippen molar-refractivity contribution in [2.45, 2.75) is 103 Å². The summed E-state index contributed by atoms with van der Waals surface area (Å²) in [6.07, 6.45) is 21.4. The summed E-state index contributed by atoms with van der Waals surface area (Å²) in [4.78, 5) is 4.56. The molecule has 2 nitrogen and oxygen atoms in total. The van der Waals surface area contributed by atoms with Crippen molar-refractivity contribution >= 4 is 0 Å². The van der Waals surface area contributed by atoms with E-state index in [2.05, 4.69) is 36.2 Å². The lowest BCUT2D eigenvalue weighted by atomic mass is 10.0. The van der Waals surface area contributed by atoms with Crippen LogP contribution in [0.5, 0.6) is 0 Å². The quantitative estimate of drug-likeness (QED) is 0.230. The van der Waals surface area contributed by atoms with Gasteiger partial charge in [0.1, 0.15) is 0 Å². The van der Waals surface area contributed by atoms with E-state index in [-0.39, 0.29) is 0 Å². The third-order valence-electron chi connectivity index (χ3n) is 5.81. The molecule has 0 aliphatic carbocycles. The van der Waals surface area contributed by atoms with Crippen molar-refractivity contribution in [1.29, 1.82) is 0 Å². The molecule has 30 heavy (non-hydrogen) atoms. The van der Waals surface area contributed by atoms with Gasteiger partial charge in [-0.05, 0) is 18.1 Å². The summed E-state index contributed by atoms with van der Waals surface area (Å²) < 4.78 is 5.83. The smallest absolute Gasteiger partial charge is 0.0731 e. The zero-order valence-corrected chi connectivity index (χ0v) is 19.3. The van der Waals surface area contributed by atoms with E-state index in [1.165, 1.54) is 89.9 Å². The first-order valence-corrected chi connectivity index (χ1v) is 12.5. The molecule has 2 heteroatoms. The number of unbranched alkanes of at least 4 members (excludes halogenated alkanes) is 13. The molecule has 0 unspecified atom stereocenters. The van der Waals surface area contributed by atoms with Gasteiger partial charge in [-0.1, -0.05) is 127 Å². The lowest BCUT2D eigenvalue weighted by molar-refractivity contribution is 0.116. The number of ether oxygens (including phenoxy) is 1. The lowest BCUT2D eigenvalue weighted by Crippen LogP contribution is -1.96. The number of aromatic nitrogens is 1. The van der Waals surface area contributed by atoms with Gasteiger partial charge >= 0.3 is 0 Å². The molecule has 2 aromatic rings. The highest BCUT2D eigenvalue weighted by molar-refractivity contribution is 5.58. The van der Waals surface area contributed by atoms with Crippen molar-refractivity contribution in [3.05, 3.63) is 54.2 Å². The lowest BCUT2D eigenvalue weighted by Gasteiger charge is -2.06. The summed E-state index contributed by atoms with van der Waals surface area (Å²) >= 11 is 0. The van der Waals surface area contributed by atoms with Crippen LogP contribution in [0.4, 0.5) is 0 Å². The summed E-state index contributed by atoms with van der Waals surface area (Å²) in [5, 5.41) is 0. The highest BCUT2D eigenvalue weighted by Gasteiger charge is 2.00. The number of pyridine rings is 1. The van der Waals surface area contributed by atoms with Gasteiger partial charge < -0.3 is 4.74 Å². The predicted molar refractivity (Wildman–Crippen MR) is 130 cm³/mol. The predicted octanol–water partition coefficient (Wildman–Crippen LogP) is 8.75. The number of benzene rings is 1. The van der Waals surface area contributed by atoms with Crippen LogP contribution < -0.4 is 0 Å². The zero-order chi connectivity index (χ0) is 21.1. The molecule has 0 amide bonds. The maximum absolute atomic E-state index is 5.83. The Morgan fingerprint density at radius 2 is 1.20 bits per heavy atom. The highest BCUT2D eigenvalue weighted by Crippen LogP contribution is 2.17. The van der Waals surface area contributed by atoms with Crippen molar-refractivity contribution in [1.82, 2.24) is 4.98 Å². The first-order chi connectivity index (χ1) is 14.9. The average Bonchev–Trinajstić information content (AvgIpc) is 2.80. The Bertz CT molecular complexity index is 623. The van der Waals surface area contributed by atoms with Crippen molar-refractivity contribution in [3.63, 3.8) is 0 Å². The van der Waals surface area contributed by atoms with Gasteiger partial charge in [-0.25, -0.2) is 0 Å². The van der Waals surface area contributed by atoms with E-state index in [9.17, 15) is 0 Å². The molecule has 0 radical (unpaired) electrons. The second-order valence-corrected chi connectivity index (χ2v) is 8.57. The molecule has 1 heterocycles. The molecule has 0 atom stereocenters. The molecule has 166 valence electrons. The molecule has 0 saturated carbocycles. The Kier molecular flexibility index (Phi) is 14.0. The van der Waals surface area contributed by atoms with Gasteiger partial charge in [0.15, 0.2) is 0 Å². The standard InChI is InChI=1S/C28H43NO/c1-2-3-4-5-6-7-8-9-10-11-12-13-14-18-23-30-25-26-21-22-28(29-24-26)27-19-16-15-17-20-27/h15-17,19-22,24H,2-14,18,23,25H2,1H3. The molecular weight excluding hydrogens is 366 g/mol. The van der Waals surface area contributed by atoms with Crippen molar-refractivity contribution in [2.75, 3.05) is 6.61 Å². The van der Waals surface area contributed by atoms with Crippen LogP contribution in [-0.4, -0.2) is 11.6 Å². The van der Waals surface area contributed by atoms with E-state index in [0.29, 0.717) is 6.61 Å². The third kappa shape index (κ3) is 11.5. The maximum Gasteiger partial charge on any atom is 0.0731 e. The van der Waals surface area contributed by atoms with E-state index < -0.39 is 0 Å². The molecule has 0 aliphatic rings. The second kappa shape index (κ2) is 17.1. The molecule has 0 saturated heterocycles. The molecule has 0 fully saturated rings. The van der Waals surface area contributed by atoms with Crippen LogP contribution in [0.25, 0.3) is 11.3 Å². The van der Waals surface area contributed by atoms with E-state index in [1.807, 2.05) is 24.4 Å². The molecule has 2 rings (SSSR count). The van der Waals surface area contributed by atoms with E-state index >= 15 is 0 Å². The highest BCUT2D eigenvalue weighted by atomic mass is 16.5. The minimum absolute atomic E-state index is 0.667. The monoisotopic (exact) mass is 409 g/mol. The molecular formula is C28H43NO. The van der Waals surface area contributed by atoms with Crippen LogP contribution in [-0.2, 0) is 11.3 Å². The molecule has 0 aliphatic heterocycles. The van der Waals surface area contributed by atoms with Crippen LogP contribution >= 0.6 is 0 Å². The van der Waals surface area contributed by atoms with Crippen molar-refractivity contribution < 1.29 is 4.74 Å². The number of nitrogens with zero attached hydrogens (tertiary/aromatic N) is 1. The summed E-state index contributed by atoms with van der Waals surface area (Å²) in [7, 11) is 0. The van der Waals surface area contributed by atoms with Crippen molar-refractivity contribution in [3.8, 4) is 11.3 Å². The van der Waals surface area contributed by atoms with E-state index in [1.54, 1.807) is 0 Å². The Balaban J connectivity index is 1.37. The fourth-order valence-corrected chi connectivity index (χ4v) is 3.88. The summed E-state index contributed by atoms with van der Waals surface area (Å²) in [6, 6.07) is 14.5. The Labute approximate surface area is 185 Å². The summed E-state index contributed by atoms with van der Waals surface area (Å²) in [5.41, 5.74) is 3.33. The minimum Gasteiger partial charge on any atom is -0.377 e. The molecule has 0 bridgehead atoms. The van der Waals surface area contributed by atoms with Gasteiger partial charge in [-0.2, -0.15) is 0 Å². The fraction of sp³-hybridized carbons (Fsp3) is 0.607. The molecule has 1 aromatic carbocycles. The van der Waals surface area contributed by atoms with Gasteiger partial charge in [0.25, 0.3) is 0 Å². The van der Waals surface area contributed by atoms with Gasteiger partial charge in [0.05, 0.1) is 12.3 Å². The topological polar surface area (TPSA) is 22.1 Å². The number of hydrogen-bond acceptors (Lipinski definition) is 2. The molecule has 0 spiro atoms. The average molecular weight is 410 g/mol. The fourth-order valence-electron chi connectivity index (χ4n) is 3.88. The largest absolute Gasteiger partial charge is 0.377 e. The van der Waals surface area contributed by atoms with Crippen molar-refractivity contribution in [2.24, 2.45) is 0 Å². The normalized spacial score (nSPS) is 11.1. The Hall–Kier alpha value is -1.67. The first-order valence-electron chi connectivity index (χ1n) is 12.5. The van der Waals surface area contributed by atoms with E-state index in [0.717, 1.165) is 23.4 Å². The zero-order valence-electron chi connectivity index (χ0n) is 19.3. The summed E-state index contributed by atoms with van der Waals surface area (Å²) in [6.45, 7) is 3.82. The van der Waals surface area contributed by atoms with Gasteiger partial charge in [-0.15, -0.1) is 0 Å². The van der Waals surface area contributed by atoms with Crippen LogP contribution in [0, 0.1) is 0 Å². The SMILES string of the molecule is CCCCCCCCCCCCCCCCOCc1ccc(-c2ccccc2)nc1. The van der Waals surface area contributed by atoms with Gasteiger partial charge in [-0.3, -0.25) is 4.98 Å². The van der Waals surface area contributed by atoms with Crippen LogP contribution in [0.1, 0.15) is 102 Å². The first kappa shape index (κ1) is 24.6. The Morgan fingerprint density at radius 1 is 0.633 bits per heavy atom. The maximum atomic E-state index is 5.83. The van der Waals surface area contributed by atoms with Crippen LogP contribution in [0.2, 0.25) is 0 Å². The molecule has 1 aromatic heterocycles. The van der Waals surface area contributed by atoms with E-state index in [4.69, 9.17) is 4.74 Å². The molecule has 0 N–H and O–H groups in total. The van der Waals surface area contributed by atoms with Crippen LogP contribution in [0.3, 0.4) is 0 Å². The van der Waals surface area contributed by atoms with Crippen LogP contribution in [0.15, 0.2) is 48.7 Å². The Morgan fingerprint density at radius 3 is 1.73 bits per heavy atom. The number of hydrogen-bond donors (Lipinski definition) is 0. The third-order valence-corrected chi connectivity index (χ3v) is 5.81. The van der Waals surface area contributed by atoms with Gasteiger partial charge in [0.2, 0.25) is 0 Å². The second-order valence-electron chi connectivity index (χ2n) is 8.57. The summed E-state index contributed by atoms with van der Waals surface area (Å²) in [5.74, 6) is 0. The number of rotatable bonds is 18.